The van der Waals surface area contributed by atoms with E-state index in [-0.39, 0.29) is 33.9 Å². The van der Waals surface area contributed by atoms with E-state index in [0.717, 1.165) is 55.2 Å². The zero-order valence-electron chi connectivity index (χ0n) is 19.8. The number of piperidine rings is 1. The molecule has 2 aromatic rings. The monoisotopic (exact) mass is 534 g/mol. The summed E-state index contributed by atoms with van der Waals surface area (Å²) in [6.07, 6.45) is 2.45. The van der Waals surface area contributed by atoms with E-state index in [1.54, 1.807) is 6.07 Å². The molecule has 2 heterocycles. The van der Waals surface area contributed by atoms with Crippen LogP contribution in [0.15, 0.2) is 42.5 Å². The van der Waals surface area contributed by atoms with Gasteiger partial charge in [-0.25, -0.2) is 8.42 Å². The number of phenols is 1. The third-order valence-corrected chi connectivity index (χ3v) is 7.86. The summed E-state index contributed by atoms with van der Waals surface area (Å²) in [6, 6.07) is 12.7. The van der Waals surface area contributed by atoms with E-state index in [1.165, 1.54) is 12.1 Å². The molecule has 2 fully saturated rings. The number of aliphatic hydroxyl groups excluding tert-OH is 1. The van der Waals surface area contributed by atoms with Gasteiger partial charge in [-0.15, -0.1) is 0 Å². The second kappa shape index (κ2) is 11.1. The molecule has 0 radical (unpaired) electrons. The summed E-state index contributed by atoms with van der Waals surface area (Å²) < 4.78 is 25.2. The van der Waals surface area contributed by atoms with Crippen LogP contribution in [0.5, 0.6) is 5.75 Å². The average Bonchev–Trinajstić information content (AvgIpc) is 3.15. The van der Waals surface area contributed by atoms with Gasteiger partial charge in [-0.2, -0.15) is 0 Å². The second-order valence-electron chi connectivity index (χ2n) is 9.09. The van der Waals surface area contributed by atoms with Crippen molar-refractivity contribution in [3.05, 3.63) is 53.6 Å². The number of hydrogen-bond acceptors (Lipinski definition) is 9. The van der Waals surface area contributed by atoms with Crippen LogP contribution in [0.25, 0.3) is 0 Å². The fourth-order valence-electron chi connectivity index (χ4n) is 4.36. The number of benzene rings is 2. The first kappa shape index (κ1) is 26.3. The number of rotatable bonds is 9. The molecular weight excluding hydrogens is 504 g/mol. The quantitative estimate of drug-likeness (QED) is 0.304. The normalized spacial score (nSPS) is 19.8. The van der Waals surface area contributed by atoms with Crippen LogP contribution in [0.3, 0.4) is 0 Å². The number of carbonyl (C=O) groups is 2. The molecule has 12 heteroatoms. The number of thioether (sulfide) groups is 1. The van der Waals surface area contributed by atoms with Gasteiger partial charge in [0.05, 0.1) is 23.3 Å². The molecule has 0 aromatic heterocycles. The van der Waals surface area contributed by atoms with E-state index < -0.39 is 16.1 Å². The zero-order chi connectivity index (χ0) is 25.9. The highest BCUT2D eigenvalue weighted by atomic mass is 32.2. The van der Waals surface area contributed by atoms with Crippen molar-refractivity contribution in [3.63, 3.8) is 0 Å². The van der Waals surface area contributed by atoms with Crippen LogP contribution in [0.4, 0.5) is 16.2 Å². The van der Waals surface area contributed by atoms with Gasteiger partial charge in [0.25, 0.3) is 5.24 Å². The summed E-state index contributed by atoms with van der Waals surface area (Å²) in [5.41, 5.74) is 2.65. The molecule has 2 aliphatic heterocycles. The lowest BCUT2D eigenvalue weighted by Gasteiger charge is -2.34. The number of nitrogens with one attached hydrogen (secondary N) is 3. The van der Waals surface area contributed by atoms with Crippen LogP contribution >= 0.6 is 11.8 Å². The van der Waals surface area contributed by atoms with Crippen LogP contribution in [-0.4, -0.2) is 67.0 Å². The molecule has 36 heavy (non-hydrogen) atoms. The number of aliphatic hydroxyl groups is 1. The Balaban J connectivity index is 1.24. The number of anilines is 2. The van der Waals surface area contributed by atoms with E-state index in [1.807, 2.05) is 24.3 Å². The summed E-state index contributed by atoms with van der Waals surface area (Å²) in [5.74, 6) is -0.437. The smallest absolute Gasteiger partial charge is 0.286 e. The zero-order valence-corrected chi connectivity index (χ0v) is 21.4. The van der Waals surface area contributed by atoms with Crippen molar-refractivity contribution >= 4 is 44.3 Å². The van der Waals surface area contributed by atoms with Gasteiger partial charge >= 0.3 is 0 Å². The Morgan fingerprint density at radius 2 is 1.83 bits per heavy atom. The van der Waals surface area contributed by atoms with Crippen molar-refractivity contribution in [2.24, 2.45) is 0 Å². The molecule has 2 aromatic carbocycles. The van der Waals surface area contributed by atoms with Crippen molar-refractivity contribution in [3.8, 4) is 5.75 Å². The van der Waals surface area contributed by atoms with Crippen molar-refractivity contribution in [1.82, 2.24) is 10.6 Å². The fraction of sp³-hybridized carbons (Fsp3) is 0.417. The van der Waals surface area contributed by atoms with E-state index in [0.29, 0.717) is 18.5 Å². The minimum Gasteiger partial charge on any atom is -0.506 e. The van der Waals surface area contributed by atoms with Crippen LogP contribution in [0, 0.1) is 0 Å². The minimum absolute atomic E-state index is 0.0344. The lowest BCUT2D eigenvalue weighted by atomic mass is 10.0. The number of nitrogens with zero attached hydrogens (tertiary/aromatic N) is 1. The van der Waals surface area contributed by atoms with Gasteiger partial charge < -0.3 is 20.4 Å². The summed E-state index contributed by atoms with van der Waals surface area (Å²) >= 11 is 1.04. The maximum absolute atomic E-state index is 11.8. The van der Waals surface area contributed by atoms with Gasteiger partial charge in [-0.1, -0.05) is 30.0 Å². The molecular formula is C24H30N4O6S2. The highest BCUT2D eigenvalue weighted by Gasteiger charge is 2.31. The first-order valence-electron chi connectivity index (χ1n) is 11.6. The summed E-state index contributed by atoms with van der Waals surface area (Å²) in [7, 11) is -3.55. The third-order valence-electron chi connectivity index (χ3n) is 6.29. The van der Waals surface area contributed by atoms with Gasteiger partial charge in [-0.05, 0) is 54.7 Å². The number of phenolic OH excluding ortho intramolecular Hbond substituents is 1. The molecule has 10 nitrogen and oxygen atoms in total. The molecule has 1 unspecified atom stereocenters. The molecule has 2 atom stereocenters. The summed E-state index contributed by atoms with van der Waals surface area (Å²) in [5, 5.41) is 25.5. The number of carbonyl (C=O) groups excluding carboxylic acids is 2. The standard InChI is InChI=1S/C24H30N4O6S2/c1-36(33,34)27-19-13-16(4-7-20(19)29)21(30)14-25-17-8-10-28(11-9-17)18-5-2-15(3-6-18)12-22-23(31)26-24(32)35-22/h2-7,13,17,21-22,25,27,29-30H,8-12,14H2,1H3,(H,26,31,32)/t21-,22?/m0/s1. The van der Waals surface area contributed by atoms with Gasteiger partial charge in [0.1, 0.15) is 5.75 Å². The molecule has 0 aliphatic carbocycles. The molecule has 5 N–H and O–H groups in total. The minimum atomic E-state index is -3.55. The number of amides is 2. The Labute approximate surface area is 214 Å². The van der Waals surface area contributed by atoms with Crippen molar-refractivity contribution in [2.45, 2.75) is 36.7 Å². The predicted molar refractivity (Wildman–Crippen MR) is 140 cm³/mol. The SMILES string of the molecule is CS(=O)(=O)Nc1cc([C@@H](O)CNC2CCN(c3ccc(CC4SC(=O)NC4=O)cc3)CC2)ccc1O. The molecule has 194 valence electrons. The first-order chi connectivity index (χ1) is 17.1. The topological polar surface area (TPSA) is 148 Å². The molecule has 2 amide bonds. The number of imide groups is 1. The molecule has 0 spiro atoms. The van der Waals surface area contributed by atoms with Gasteiger partial charge in [-0.3, -0.25) is 19.6 Å². The number of sulfonamides is 1. The Hall–Kier alpha value is -2.80. The van der Waals surface area contributed by atoms with Crippen LogP contribution in [0.2, 0.25) is 0 Å². The molecule has 0 bridgehead atoms. The largest absolute Gasteiger partial charge is 0.506 e. The van der Waals surface area contributed by atoms with Crippen LogP contribution < -0.4 is 20.3 Å². The molecule has 2 saturated heterocycles. The summed E-state index contributed by atoms with van der Waals surface area (Å²) in [4.78, 5) is 25.4. The van der Waals surface area contributed by atoms with E-state index in [9.17, 15) is 28.2 Å². The van der Waals surface area contributed by atoms with Crippen molar-refractivity contribution in [1.29, 1.82) is 0 Å². The summed E-state index contributed by atoms with van der Waals surface area (Å²) in [6.45, 7) is 2.01. The Kier molecular flexibility index (Phi) is 8.08. The molecule has 0 saturated carbocycles. The van der Waals surface area contributed by atoms with Gasteiger partial charge in [0.15, 0.2) is 0 Å². The highest BCUT2D eigenvalue weighted by Crippen LogP contribution is 2.28. The third kappa shape index (κ3) is 6.90. The van der Waals surface area contributed by atoms with Gasteiger partial charge in [0, 0.05) is 31.4 Å². The van der Waals surface area contributed by atoms with E-state index >= 15 is 0 Å². The number of aromatic hydroxyl groups is 1. The van der Waals surface area contributed by atoms with Crippen molar-refractivity contribution < 1.29 is 28.2 Å². The maximum atomic E-state index is 11.8. The average molecular weight is 535 g/mol. The highest BCUT2D eigenvalue weighted by molar-refractivity contribution is 8.15. The Bertz CT molecular complexity index is 1210. The molecule has 2 aliphatic rings. The lowest BCUT2D eigenvalue weighted by Crippen LogP contribution is -2.43. The van der Waals surface area contributed by atoms with Gasteiger partial charge in [0.2, 0.25) is 15.9 Å². The number of hydrogen-bond donors (Lipinski definition) is 5. The Morgan fingerprint density at radius 1 is 1.14 bits per heavy atom. The molecule has 4 rings (SSSR count). The first-order valence-corrected chi connectivity index (χ1v) is 14.4. The maximum Gasteiger partial charge on any atom is 0.286 e. The van der Waals surface area contributed by atoms with E-state index in [4.69, 9.17) is 0 Å². The Morgan fingerprint density at radius 3 is 2.44 bits per heavy atom. The van der Waals surface area contributed by atoms with E-state index in [2.05, 4.69) is 20.3 Å². The fourth-order valence-corrected chi connectivity index (χ4v) is 5.79. The van der Waals surface area contributed by atoms with Crippen LogP contribution in [-0.2, 0) is 21.2 Å². The lowest BCUT2D eigenvalue weighted by molar-refractivity contribution is -0.118. The van der Waals surface area contributed by atoms with Crippen molar-refractivity contribution in [2.75, 3.05) is 35.5 Å². The predicted octanol–water partition coefficient (Wildman–Crippen LogP) is 1.95. The van der Waals surface area contributed by atoms with Crippen LogP contribution in [0.1, 0.15) is 30.1 Å². The second-order valence-corrected chi connectivity index (χ2v) is 12.0.